The zero-order chi connectivity index (χ0) is 9.11. The number of carboxylic acid groups (broad SMARTS) is 1. The van der Waals surface area contributed by atoms with Crippen molar-refractivity contribution in [3.63, 3.8) is 0 Å². The Bertz CT molecular complexity index is 121. The van der Waals surface area contributed by atoms with Crippen LogP contribution in [0.3, 0.4) is 0 Å². The van der Waals surface area contributed by atoms with Crippen LogP contribution in [0.25, 0.3) is 0 Å². The summed E-state index contributed by atoms with van der Waals surface area (Å²) >= 11 is 0. The Hall–Kier alpha value is -1.16. The van der Waals surface area contributed by atoms with Crippen LogP contribution < -0.4 is 0 Å². The van der Waals surface area contributed by atoms with Crippen molar-refractivity contribution >= 4 is 12.8 Å². The van der Waals surface area contributed by atoms with Gasteiger partial charge in [0.15, 0.2) is 0 Å². The predicted octanol–water partition coefficient (Wildman–Crippen LogP) is 0.00390. The highest BCUT2D eigenvalue weighted by Crippen LogP contribution is 1.73. The Labute approximate surface area is 66.1 Å². The fraction of sp³-hybridized carbons (Fsp3) is 0.429. The molecule has 0 aromatic heterocycles. The minimum Gasteiger partial charge on any atom is -0.483 e. The molecule has 0 heterocycles. The first kappa shape index (κ1) is 12.5. The van der Waals surface area contributed by atoms with E-state index in [1.54, 1.807) is 0 Å². The summed E-state index contributed by atoms with van der Waals surface area (Å²) in [7, 11) is 3.91. The SMILES string of the molecule is CN(C)CC=CC=O.O=CO. The molecule has 0 spiro atoms. The summed E-state index contributed by atoms with van der Waals surface area (Å²) < 4.78 is 0. The van der Waals surface area contributed by atoms with Gasteiger partial charge in [0.25, 0.3) is 6.47 Å². The molecule has 0 unspecified atom stereocenters. The van der Waals surface area contributed by atoms with Gasteiger partial charge in [-0.3, -0.25) is 9.59 Å². The zero-order valence-electron chi connectivity index (χ0n) is 6.73. The van der Waals surface area contributed by atoms with E-state index < -0.39 is 0 Å². The first-order valence-corrected chi connectivity index (χ1v) is 3.02. The van der Waals surface area contributed by atoms with E-state index in [0.29, 0.717) is 0 Å². The highest BCUT2D eigenvalue weighted by atomic mass is 16.3. The molecule has 0 aromatic rings. The second-order valence-corrected chi connectivity index (χ2v) is 1.93. The number of rotatable bonds is 3. The number of hydrogen-bond acceptors (Lipinski definition) is 3. The number of allylic oxidation sites excluding steroid dienone is 1. The van der Waals surface area contributed by atoms with Gasteiger partial charge >= 0.3 is 0 Å². The average Bonchev–Trinajstić information content (AvgIpc) is 1.89. The Morgan fingerprint density at radius 3 is 2.09 bits per heavy atom. The lowest BCUT2D eigenvalue weighted by Crippen LogP contribution is -2.10. The number of aldehydes is 1. The first-order chi connectivity index (χ1) is 5.18. The van der Waals surface area contributed by atoms with Crippen molar-refractivity contribution < 1.29 is 14.7 Å². The Morgan fingerprint density at radius 2 is 1.82 bits per heavy atom. The molecule has 0 amide bonds. The minimum absolute atomic E-state index is 0.250. The fourth-order valence-electron chi connectivity index (χ4n) is 0.327. The molecule has 11 heavy (non-hydrogen) atoms. The van der Waals surface area contributed by atoms with Crippen LogP contribution in [0.5, 0.6) is 0 Å². The van der Waals surface area contributed by atoms with E-state index in [0.717, 1.165) is 12.8 Å². The van der Waals surface area contributed by atoms with Gasteiger partial charge in [0, 0.05) is 6.54 Å². The van der Waals surface area contributed by atoms with Crippen LogP contribution in [0.4, 0.5) is 0 Å². The first-order valence-electron chi connectivity index (χ1n) is 3.02. The molecule has 0 saturated carbocycles. The molecule has 0 rings (SSSR count). The van der Waals surface area contributed by atoms with E-state index in [2.05, 4.69) is 0 Å². The second-order valence-electron chi connectivity index (χ2n) is 1.93. The summed E-state index contributed by atoms with van der Waals surface area (Å²) in [5.74, 6) is 0. The van der Waals surface area contributed by atoms with Crippen LogP contribution in [0.15, 0.2) is 12.2 Å². The molecule has 4 heteroatoms. The van der Waals surface area contributed by atoms with Gasteiger partial charge in [0.05, 0.1) is 0 Å². The Balaban J connectivity index is 0. The molecule has 0 fully saturated rings. The van der Waals surface area contributed by atoms with Gasteiger partial charge < -0.3 is 10.0 Å². The third kappa shape index (κ3) is 28.0. The van der Waals surface area contributed by atoms with Gasteiger partial charge in [0.1, 0.15) is 6.29 Å². The lowest BCUT2D eigenvalue weighted by atomic mass is 10.5. The lowest BCUT2D eigenvalue weighted by Gasteiger charge is -2.01. The van der Waals surface area contributed by atoms with Crippen molar-refractivity contribution in [3.05, 3.63) is 12.2 Å². The van der Waals surface area contributed by atoms with Crippen molar-refractivity contribution in [1.82, 2.24) is 4.90 Å². The normalized spacial score (nSPS) is 9.00. The maximum absolute atomic E-state index is 9.68. The molecule has 0 aromatic carbocycles. The molecular formula is C7H13NO3. The summed E-state index contributed by atoms with van der Waals surface area (Å²) in [5, 5.41) is 6.89. The van der Waals surface area contributed by atoms with Crippen molar-refractivity contribution in [2.24, 2.45) is 0 Å². The zero-order valence-corrected chi connectivity index (χ0v) is 6.73. The molecular weight excluding hydrogens is 146 g/mol. The standard InChI is InChI=1S/C6H11NO.CH2O2/c1-7(2)5-3-4-6-8;2-1-3/h3-4,6H,5H2,1-2H3;1H,(H,2,3). The topological polar surface area (TPSA) is 57.6 Å². The maximum Gasteiger partial charge on any atom is 0.290 e. The summed E-state index contributed by atoms with van der Waals surface area (Å²) in [6.45, 7) is 0.582. The van der Waals surface area contributed by atoms with E-state index in [1.807, 2.05) is 25.1 Å². The van der Waals surface area contributed by atoms with Gasteiger partial charge in [-0.15, -0.1) is 0 Å². The molecule has 0 aliphatic rings. The van der Waals surface area contributed by atoms with Gasteiger partial charge in [-0.1, -0.05) is 6.08 Å². The van der Waals surface area contributed by atoms with Crippen LogP contribution in [-0.2, 0) is 9.59 Å². The number of carbonyl (C=O) groups excluding carboxylic acids is 1. The van der Waals surface area contributed by atoms with Crippen molar-refractivity contribution in [1.29, 1.82) is 0 Å². The summed E-state index contributed by atoms with van der Waals surface area (Å²) in [4.78, 5) is 20.0. The van der Waals surface area contributed by atoms with E-state index in [4.69, 9.17) is 9.90 Å². The van der Waals surface area contributed by atoms with E-state index in [9.17, 15) is 4.79 Å². The Kier molecular flexibility index (Phi) is 13.2. The van der Waals surface area contributed by atoms with E-state index in [-0.39, 0.29) is 6.47 Å². The molecule has 0 saturated heterocycles. The third-order valence-electron chi connectivity index (χ3n) is 0.685. The largest absolute Gasteiger partial charge is 0.483 e. The van der Waals surface area contributed by atoms with Crippen molar-refractivity contribution in [2.75, 3.05) is 20.6 Å². The predicted molar refractivity (Wildman–Crippen MR) is 42.5 cm³/mol. The van der Waals surface area contributed by atoms with Crippen LogP contribution >= 0.6 is 0 Å². The minimum atomic E-state index is -0.250. The van der Waals surface area contributed by atoms with Gasteiger partial charge in [-0.25, -0.2) is 0 Å². The highest BCUT2D eigenvalue weighted by Gasteiger charge is 1.78. The van der Waals surface area contributed by atoms with E-state index in [1.165, 1.54) is 6.08 Å². The number of carbonyl (C=O) groups is 2. The Morgan fingerprint density at radius 1 is 1.36 bits per heavy atom. The number of hydrogen-bond donors (Lipinski definition) is 1. The van der Waals surface area contributed by atoms with Crippen LogP contribution in [-0.4, -0.2) is 43.4 Å². The molecule has 0 aliphatic carbocycles. The number of nitrogens with zero attached hydrogens (tertiary/aromatic N) is 1. The molecule has 0 atom stereocenters. The molecule has 0 aliphatic heterocycles. The smallest absolute Gasteiger partial charge is 0.290 e. The number of likely N-dealkylation sites (N-methyl/N-ethyl adjacent to an activating group) is 1. The molecule has 64 valence electrons. The summed E-state index contributed by atoms with van der Waals surface area (Å²) in [6, 6.07) is 0. The highest BCUT2D eigenvalue weighted by molar-refractivity contribution is 5.64. The molecule has 1 N–H and O–H groups in total. The fourth-order valence-corrected chi connectivity index (χ4v) is 0.327. The summed E-state index contributed by atoms with van der Waals surface area (Å²) in [6.07, 6.45) is 4.09. The van der Waals surface area contributed by atoms with E-state index >= 15 is 0 Å². The maximum atomic E-state index is 9.68. The lowest BCUT2D eigenvalue weighted by molar-refractivity contribution is -0.122. The van der Waals surface area contributed by atoms with Crippen LogP contribution in [0.2, 0.25) is 0 Å². The van der Waals surface area contributed by atoms with Gasteiger partial charge in [-0.05, 0) is 20.2 Å². The quantitative estimate of drug-likeness (QED) is 0.465. The van der Waals surface area contributed by atoms with Crippen LogP contribution in [0.1, 0.15) is 0 Å². The second kappa shape index (κ2) is 11.6. The van der Waals surface area contributed by atoms with Crippen molar-refractivity contribution in [3.8, 4) is 0 Å². The molecule has 4 nitrogen and oxygen atoms in total. The molecule has 0 radical (unpaired) electrons. The third-order valence-corrected chi connectivity index (χ3v) is 0.685. The molecule has 0 bridgehead atoms. The van der Waals surface area contributed by atoms with Gasteiger partial charge in [-0.2, -0.15) is 0 Å². The van der Waals surface area contributed by atoms with Gasteiger partial charge in [0.2, 0.25) is 0 Å². The van der Waals surface area contributed by atoms with Crippen molar-refractivity contribution in [2.45, 2.75) is 0 Å². The summed E-state index contributed by atoms with van der Waals surface area (Å²) in [5.41, 5.74) is 0. The average molecular weight is 159 g/mol. The van der Waals surface area contributed by atoms with Crippen LogP contribution in [0, 0.1) is 0 Å². The monoisotopic (exact) mass is 159 g/mol.